The topological polar surface area (TPSA) is 74.1 Å². The monoisotopic (exact) mass is 375 g/mol. The summed E-state index contributed by atoms with van der Waals surface area (Å²) in [6.07, 6.45) is 5.30. The van der Waals surface area contributed by atoms with Gasteiger partial charge in [-0.15, -0.1) is 5.10 Å². The molecule has 0 unspecified atom stereocenters. The fraction of sp³-hybridized carbons (Fsp3) is 0.364. The summed E-state index contributed by atoms with van der Waals surface area (Å²) in [5.74, 6) is 1.00. The molecule has 0 spiro atoms. The molecule has 0 saturated carbocycles. The predicted octanol–water partition coefficient (Wildman–Crippen LogP) is 1.68. The van der Waals surface area contributed by atoms with Crippen molar-refractivity contribution in [2.24, 2.45) is 0 Å². The van der Waals surface area contributed by atoms with Crippen LogP contribution in [-0.4, -0.2) is 40.6 Å². The highest BCUT2D eigenvalue weighted by atomic mass is 127. The minimum absolute atomic E-state index is 0.498. The van der Waals surface area contributed by atoms with Gasteiger partial charge >= 0.3 is 0 Å². The molecule has 2 heterocycles. The molecule has 0 aliphatic heterocycles. The number of anilines is 2. The first-order chi connectivity index (χ1) is 9.22. The summed E-state index contributed by atoms with van der Waals surface area (Å²) < 4.78 is 12.9. The molecular weight excluding hydrogens is 361 g/mol. The van der Waals surface area contributed by atoms with Gasteiger partial charge in [-0.05, 0) is 22.6 Å². The fourth-order valence-corrected chi connectivity index (χ4v) is 1.72. The third-order valence-electron chi connectivity index (χ3n) is 2.31. The second-order valence-electron chi connectivity index (χ2n) is 3.66. The number of methoxy groups -OCH3 is 2. The smallest absolute Gasteiger partial charge is 0.256 e. The number of nitrogens with one attached hydrogen (secondary N) is 1. The highest BCUT2D eigenvalue weighted by molar-refractivity contribution is 14.1. The summed E-state index contributed by atoms with van der Waals surface area (Å²) in [5, 5.41) is 7.35. The highest BCUT2D eigenvalue weighted by Crippen LogP contribution is 2.24. The summed E-state index contributed by atoms with van der Waals surface area (Å²) in [7, 11) is 3.22. The molecule has 0 fully saturated rings. The van der Waals surface area contributed by atoms with Crippen LogP contribution in [0.15, 0.2) is 18.6 Å². The second-order valence-corrected chi connectivity index (χ2v) is 4.90. The van der Waals surface area contributed by atoms with Crippen LogP contribution < -0.4 is 10.1 Å². The first-order valence-corrected chi connectivity index (χ1v) is 6.65. The first-order valence-electron chi connectivity index (χ1n) is 5.58. The maximum absolute atomic E-state index is 5.21. The van der Waals surface area contributed by atoms with E-state index in [4.69, 9.17) is 9.47 Å². The standard InChI is InChI=1S/C11H14IN5O2/c1-18-4-3-17-7-9(10(16-17)19-2)15-11-13-5-8(12)6-14-11/h5-7H,3-4H2,1-2H3,(H,13,14,15). The van der Waals surface area contributed by atoms with Crippen LogP contribution in [0, 0.1) is 3.57 Å². The number of nitrogens with zero attached hydrogens (tertiary/aromatic N) is 4. The van der Waals surface area contributed by atoms with Crippen LogP contribution in [0.1, 0.15) is 0 Å². The van der Waals surface area contributed by atoms with Crippen molar-refractivity contribution in [3.8, 4) is 5.88 Å². The van der Waals surface area contributed by atoms with E-state index in [1.165, 1.54) is 0 Å². The van der Waals surface area contributed by atoms with Crippen molar-refractivity contribution < 1.29 is 9.47 Å². The van der Waals surface area contributed by atoms with Crippen LogP contribution in [0.3, 0.4) is 0 Å². The zero-order valence-electron chi connectivity index (χ0n) is 10.6. The molecule has 2 aromatic rings. The van der Waals surface area contributed by atoms with Crippen molar-refractivity contribution in [2.45, 2.75) is 6.54 Å². The molecule has 8 heteroatoms. The van der Waals surface area contributed by atoms with Crippen LogP contribution >= 0.6 is 22.6 Å². The van der Waals surface area contributed by atoms with Crippen molar-refractivity contribution in [1.29, 1.82) is 0 Å². The van der Waals surface area contributed by atoms with Crippen LogP contribution in [0.4, 0.5) is 11.6 Å². The number of hydrogen-bond donors (Lipinski definition) is 1. The number of ether oxygens (including phenoxy) is 2. The third-order valence-corrected chi connectivity index (χ3v) is 2.87. The summed E-state index contributed by atoms with van der Waals surface area (Å²) >= 11 is 2.15. The van der Waals surface area contributed by atoms with E-state index in [1.54, 1.807) is 31.3 Å². The Kier molecular flexibility index (Phi) is 4.91. The number of halogens is 1. The van der Waals surface area contributed by atoms with Crippen molar-refractivity contribution in [3.05, 3.63) is 22.2 Å². The molecule has 2 rings (SSSR count). The lowest BCUT2D eigenvalue weighted by molar-refractivity contribution is 0.183. The maximum atomic E-state index is 5.21. The van der Waals surface area contributed by atoms with Crippen molar-refractivity contribution in [1.82, 2.24) is 19.7 Å². The second kappa shape index (κ2) is 6.66. The van der Waals surface area contributed by atoms with Crippen LogP contribution in [0.2, 0.25) is 0 Å². The van der Waals surface area contributed by atoms with E-state index in [1.807, 2.05) is 6.20 Å². The first kappa shape index (κ1) is 14.0. The van der Waals surface area contributed by atoms with E-state index < -0.39 is 0 Å². The Morgan fingerprint density at radius 1 is 1.32 bits per heavy atom. The Morgan fingerprint density at radius 3 is 2.68 bits per heavy atom. The largest absolute Gasteiger partial charge is 0.478 e. The fourth-order valence-electron chi connectivity index (χ4n) is 1.44. The number of hydrogen-bond acceptors (Lipinski definition) is 6. The zero-order chi connectivity index (χ0) is 13.7. The Labute approximate surface area is 124 Å². The lowest BCUT2D eigenvalue weighted by atomic mass is 10.5. The van der Waals surface area contributed by atoms with Crippen molar-refractivity contribution >= 4 is 34.2 Å². The molecule has 0 bridgehead atoms. The van der Waals surface area contributed by atoms with Gasteiger partial charge in [-0.25, -0.2) is 9.97 Å². The van der Waals surface area contributed by atoms with Crippen LogP contribution in [-0.2, 0) is 11.3 Å². The van der Waals surface area contributed by atoms with Gasteiger partial charge in [-0.1, -0.05) is 0 Å². The van der Waals surface area contributed by atoms with Crippen LogP contribution in [0.25, 0.3) is 0 Å². The Morgan fingerprint density at radius 2 is 2.05 bits per heavy atom. The minimum atomic E-state index is 0.498. The van der Waals surface area contributed by atoms with Gasteiger partial charge in [0.2, 0.25) is 5.95 Å². The minimum Gasteiger partial charge on any atom is -0.478 e. The molecule has 0 radical (unpaired) electrons. The molecule has 0 amide bonds. The van der Waals surface area contributed by atoms with Gasteiger partial charge in [-0.3, -0.25) is 4.68 Å². The van der Waals surface area contributed by atoms with E-state index in [-0.39, 0.29) is 0 Å². The average Bonchev–Trinajstić information content (AvgIpc) is 2.81. The molecule has 0 aliphatic carbocycles. The lowest BCUT2D eigenvalue weighted by Crippen LogP contribution is -2.04. The maximum Gasteiger partial charge on any atom is 0.256 e. The van der Waals surface area contributed by atoms with E-state index >= 15 is 0 Å². The molecule has 0 aromatic carbocycles. The Hall–Kier alpha value is -1.42. The summed E-state index contributed by atoms with van der Waals surface area (Å²) in [5.41, 5.74) is 0.722. The van der Waals surface area contributed by atoms with E-state index in [0.717, 1.165) is 9.26 Å². The molecule has 102 valence electrons. The molecule has 7 nitrogen and oxygen atoms in total. The van der Waals surface area contributed by atoms with Gasteiger partial charge in [0.15, 0.2) is 0 Å². The molecule has 0 aliphatic rings. The van der Waals surface area contributed by atoms with Gasteiger partial charge in [0, 0.05) is 23.1 Å². The summed E-state index contributed by atoms with van der Waals surface area (Å²) in [6.45, 7) is 1.24. The summed E-state index contributed by atoms with van der Waals surface area (Å²) in [4.78, 5) is 8.35. The third kappa shape index (κ3) is 3.77. The molecule has 19 heavy (non-hydrogen) atoms. The van der Waals surface area contributed by atoms with Crippen LogP contribution in [0.5, 0.6) is 5.88 Å². The highest BCUT2D eigenvalue weighted by Gasteiger charge is 2.10. The molecular formula is C11H14IN5O2. The average molecular weight is 375 g/mol. The molecule has 0 saturated heterocycles. The van der Waals surface area contributed by atoms with Crippen molar-refractivity contribution in [3.63, 3.8) is 0 Å². The Balaban J connectivity index is 2.14. The van der Waals surface area contributed by atoms with Gasteiger partial charge in [-0.2, -0.15) is 0 Å². The molecule has 0 atom stereocenters. The molecule has 1 N–H and O–H groups in total. The molecule has 2 aromatic heterocycles. The number of rotatable bonds is 6. The Bertz CT molecular complexity index is 528. The lowest BCUT2D eigenvalue weighted by Gasteiger charge is -2.02. The van der Waals surface area contributed by atoms with Crippen molar-refractivity contribution in [2.75, 3.05) is 26.1 Å². The predicted molar refractivity (Wildman–Crippen MR) is 78.7 cm³/mol. The van der Waals surface area contributed by atoms with E-state index in [9.17, 15) is 0 Å². The quantitative estimate of drug-likeness (QED) is 0.775. The van der Waals surface area contributed by atoms with Gasteiger partial charge in [0.1, 0.15) is 5.69 Å². The summed E-state index contributed by atoms with van der Waals surface area (Å²) in [6, 6.07) is 0. The SMILES string of the molecule is COCCn1cc(Nc2ncc(I)cn2)c(OC)n1. The van der Waals surface area contributed by atoms with E-state index in [0.29, 0.717) is 25.0 Å². The van der Waals surface area contributed by atoms with Gasteiger partial charge < -0.3 is 14.8 Å². The van der Waals surface area contributed by atoms with E-state index in [2.05, 4.69) is 43.0 Å². The van der Waals surface area contributed by atoms with Gasteiger partial charge in [0.05, 0.1) is 26.5 Å². The van der Waals surface area contributed by atoms with Gasteiger partial charge in [0.25, 0.3) is 5.88 Å². The normalized spacial score (nSPS) is 10.5. The zero-order valence-corrected chi connectivity index (χ0v) is 12.8. The number of aromatic nitrogens is 4.